The minimum atomic E-state index is 0.553. The standard InChI is InChI=1S/C11H18N4S/c1-8-6-10(15-11(12-2)13-8)14-9-4-3-5-16-7-9/h6,9H,3-5,7H2,1-2H3,(H2,12,13,14,15). The van der Waals surface area contributed by atoms with Crippen molar-refractivity contribution in [3.05, 3.63) is 11.8 Å². The SMILES string of the molecule is CNc1nc(C)cc(NC2CCCSC2)n1. The first-order valence-corrected chi connectivity index (χ1v) is 6.81. The molecule has 0 saturated carbocycles. The third-order valence-corrected chi connectivity index (χ3v) is 3.81. The Hall–Kier alpha value is -0.970. The number of thioether (sulfide) groups is 1. The minimum absolute atomic E-state index is 0.553. The summed E-state index contributed by atoms with van der Waals surface area (Å²) in [5.74, 6) is 4.09. The Morgan fingerprint density at radius 2 is 2.31 bits per heavy atom. The van der Waals surface area contributed by atoms with Crippen LogP contribution in [0.5, 0.6) is 0 Å². The molecular weight excluding hydrogens is 220 g/mol. The average Bonchev–Trinajstić information content (AvgIpc) is 2.29. The zero-order valence-electron chi connectivity index (χ0n) is 9.79. The number of aromatic nitrogens is 2. The van der Waals surface area contributed by atoms with E-state index in [4.69, 9.17) is 0 Å². The molecule has 1 fully saturated rings. The van der Waals surface area contributed by atoms with Gasteiger partial charge in [-0.15, -0.1) is 0 Å². The van der Waals surface area contributed by atoms with Gasteiger partial charge in [0.1, 0.15) is 5.82 Å². The van der Waals surface area contributed by atoms with Crippen LogP contribution in [0.15, 0.2) is 6.07 Å². The molecule has 5 heteroatoms. The van der Waals surface area contributed by atoms with Gasteiger partial charge in [-0.25, -0.2) is 4.98 Å². The zero-order chi connectivity index (χ0) is 11.4. The van der Waals surface area contributed by atoms with E-state index in [0.717, 1.165) is 11.5 Å². The second-order valence-corrected chi connectivity index (χ2v) is 5.18. The van der Waals surface area contributed by atoms with E-state index in [2.05, 4.69) is 20.6 Å². The van der Waals surface area contributed by atoms with Crippen molar-refractivity contribution < 1.29 is 0 Å². The van der Waals surface area contributed by atoms with Crippen LogP contribution < -0.4 is 10.6 Å². The summed E-state index contributed by atoms with van der Waals surface area (Å²) in [6, 6.07) is 2.55. The third-order valence-electron chi connectivity index (χ3n) is 2.59. The van der Waals surface area contributed by atoms with Gasteiger partial charge in [-0.1, -0.05) is 0 Å². The van der Waals surface area contributed by atoms with Crippen LogP contribution in [0.4, 0.5) is 11.8 Å². The smallest absolute Gasteiger partial charge is 0.224 e. The molecule has 0 bridgehead atoms. The maximum Gasteiger partial charge on any atom is 0.224 e. The highest BCUT2D eigenvalue weighted by Crippen LogP contribution is 2.20. The second kappa shape index (κ2) is 5.39. The largest absolute Gasteiger partial charge is 0.366 e. The highest BCUT2D eigenvalue weighted by Gasteiger charge is 2.14. The fourth-order valence-corrected chi connectivity index (χ4v) is 2.89. The van der Waals surface area contributed by atoms with Crippen LogP contribution in [0.2, 0.25) is 0 Å². The van der Waals surface area contributed by atoms with Gasteiger partial charge in [-0.3, -0.25) is 0 Å². The van der Waals surface area contributed by atoms with Gasteiger partial charge < -0.3 is 10.6 Å². The van der Waals surface area contributed by atoms with Gasteiger partial charge in [-0.05, 0) is 25.5 Å². The maximum atomic E-state index is 4.40. The van der Waals surface area contributed by atoms with Crippen molar-refractivity contribution in [2.45, 2.75) is 25.8 Å². The molecule has 0 radical (unpaired) electrons. The highest BCUT2D eigenvalue weighted by atomic mass is 32.2. The van der Waals surface area contributed by atoms with Gasteiger partial charge in [0.05, 0.1) is 0 Å². The zero-order valence-corrected chi connectivity index (χ0v) is 10.6. The Kier molecular flexibility index (Phi) is 3.88. The van der Waals surface area contributed by atoms with Crippen molar-refractivity contribution >= 4 is 23.5 Å². The van der Waals surface area contributed by atoms with Crippen molar-refractivity contribution in [1.29, 1.82) is 0 Å². The first kappa shape index (κ1) is 11.5. The summed E-state index contributed by atoms with van der Waals surface area (Å²) in [4.78, 5) is 8.68. The fraction of sp³-hybridized carbons (Fsp3) is 0.636. The van der Waals surface area contributed by atoms with Crippen molar-refractivity contribution in [3.8, 4) is 0 Å². The molecule has 2 N–H and O–H groups in total. The van der Waals surface area contributed by atoms with Crippen LogP contribution in [0.1, 0.15) is 18.5 Å². The average molecular weight is 238 g/mol. The summed E-state index contributed by atoms with van der Waals surface area (Å²) in [7, 11) is 1.84. The lowest BCUT2D eigenvalue weighted by molar-refractivity contribution is 0.682. The summed E-state index contributed by atoms with van der Waals surface area (Å²) in [5.41, 5.74) is 0.991. The van der Waals surface area contributed by atoms with E-state index >= 15 is 0 Å². The second-order valence-electron chi connectivity index (χ2n) is 4.03. The molecular formula is C11H18N4S. The summed E-state index contributed by atoms with van der Waals surface area (Å²) in [5, 5.41) is 6.46. The van der Waals surface area contributed by atoms with Crippen LogP contribution >= 0.6 is 11.8 Å². The van der Waals surface area contributed by atoms with E-state index in [1.807, 2.05) is 31.8 Å². The third kappa shape index (κ3) is 3.01. The lowest BCUT2D eigenvalue weighted by Crippen LogP contribution is -2.26. The first-order valence-electron chi connectivity index (χ1n) is 5.65. The molecule has 16 heavy (non-hydrogen) atoms. The molecule has 1 aliphatic rings. The molecule has 4 nitrogen and oxygen atoms in total. The van der Waals surface area contributed by atoms with Crippen LogP contribution in [0.25, 0.3) is 0 Å². The summed E-state index contributed by atoms with van der Waals surface area (Å²) in [6.07, 6.45) is 2.54. The number of aryl methyl sites for hydroxylation is 1. The molecule has 2 heterocycles. The number of rotatable bonds is 3. The topological polar surface area (TPSA) is 49.8 Å². The normalized spacial score (nSPS) is 20.5. The van der Waals surface area contributed by atoms with Crippen molar-refractivity contribution in [2.75, 3.05) is 29.2 Å². The van der Waals surface area contributed by atoms with E-state index in [1.165, 1.54) is 24.3 Å². The van der Waals surface area contributed by atoms with E-state index in [0.29, 0.717) is 12.0 Å². The quantitative estimate of drug-likeness (QED) is 0.845. The molecule has 0 spiro atoms. The van der Waals surface area contributed by atoms with Gasteiger partial charge in [0.15, 0.2) is 0 Å². The molecule has 1 aliphatic heterocycles. The number of anilines is 2. The number of nitrogens with zero attached hydrogens (tertiary/aromatic N) is 2. The summed E-state index contributed by atoms with van der Waals surface area (Å²) >= 11 is 2.01. The van der Waals surface area contributed by atoms with Crippen LogP contribution in [-0.4, -0.2) is 34.6 Å². The van der Waals surface area contributed by atoms with Crippen LogP contribution in [0, 0.1) is 6.92 Å². The Labute approximate surface area is 101 Å². The fourth-order valence-electron chi connectivity index (χ4n) is 1.82. The van der Waals surface area contributed by atoms with E-state index in [9.17, 15) is 0 Å². The van der Waals surface area contributed by atoms with Gasteiger partial charge in [0, 0.05) is 30.6 Å². The lowest BCUT2D eigenvalue weighted by atomic mass is 10.2. The predicted octanol–water partition coefficient (Wildman–Crippen LogP) is 2.13. The first-order chi connectivity index (χ1) is 7.78. The van der Waals surface area contributed by atoms with Crippen molar-refractivity contribution in [2.24, 2.45) is 0 Å². The minimum Gasteiger partial charge on any atom is -0.366 e. The Bertz CT molecular complexity index is 350. The van der Waals surface area contributed by atoms with Crippen molar-refractivity contribution in [1.82, 2.24) is 9.97 Å². The van der Waals surface area contributed by atoms with Gasteiger partial charge in [-0.2, -0.15) is 16.7 Å². The molecule has 0 aromatic carbocycles. The molecule has 1 saturated heterocycles. The molecule has 1 aromatic rings. The van der Waals surface area contributed by atoms with Gasteiger partial charge in [0.2, 0.25) is 5.95 Å². The Morgan fingerprint density at radius 1 is 1.44 bits per heavy atom. The van der Waals surface area contributed by atoms with Crippen LogP contribution in [0.3, 0.4) is 0 Å². The number of hydrogen-bond donors (Lipinski definition) is 2. The molecule has 1 aromatic heterocycles. The Morgan fingerprint density at radius 3 is 3.00 bits per heavy atom. The van der Waals surface area contributed by atoms with Gasteiger partial charge in [0.25, 0.3) is 0 Å². The number of nitrogens with one attached hydrogen (secondary N) is 2. The molecule has 88 valence electrons. The summed E-state index contributed by atoms with van der Waals surface area (Å²) in [6.45, 7) is 1.99. The molecule has 0 amide bonds. The van der Waals surface area contributed by atoms with Crippen LogP contribution in [-0.2, 0) is 0 Å². The van der Waals surface area contributed by atoms with E-state index in [1.54, 1.807) is 0 Å². The molecule has 1 atom stereocenters. The maximum absolute atomic E-state index is 4.40. The van der Waals surface area contributed by atoms with E-state index in [-0.39, 0.29) is 0 Å². The van der Waals surface area contributed by atoms with Gasteiger partial charge >= 0.3 is 0 Å². The molecule has 1 unspecified atom stereocenters. The lowest BCUT2D eigenvalue weighted by Gasteiger charge is -2.23. The number of hydrogen-bond acceptors (Lipinski definition) is 5. The Balaban J connectivity index is 2.04. The van der Waals surface area contributed by atoms with Crippen molar-refractivity contribution in [3.63, 3.8) is 0 Å². The molecule has 2 rings (SSSR count). The van der Waals surface area contributed by atoms with E-state index < -0.39 is 0 Å². The highest BCUT2D eigenvalue weighted by molar-refractivity contribution is 7.99. The monoisotopic (exact) mass is 238 g/mol. The molecule has 0 aliphatic carbocycles. The predicted molar refractivity (Wildman–Crippen MR) is 70.3 cm³/mol. The summed E-state index contributed by atoms with van der Waals surface area (Å²) < 4.78 is 0.